The predicted octanol–water partition coefficient (Wildman–Crippen LogP) is 3.37. The molecule has 0 saturated heterocycles. The number of aromatic hydroxyl groups is 1. The molecule has 1 heterocycles. The summed E-state index contributed by atoms with van der Waals surface area (Å²) in [6.07, 6.45) is 0. The van der Waals surface area contributed by atoms with E-state index in [0.29, 0.717) is 0 Å². The van der Waals surface area contributed by atoms with Gasteiger partial charge in [0, 0.05) is 105 Å². The van der Waals surface area contributed by atoms with E-state index in [9.17, 15) is 48.8 Å². The van der Waals surface area contributed by atoms with Crippen molar-refractivity contribution in [3.63, 3.8) is 0 Å². The van der Waals surface area contributed by atoms with Crippen LogP contribution in [0.15, 0.2) is 91.6 Å². The molecule has 0 spiro atoms. The van der Waals surface area contributed by atoms with E-state index in [4.69, 9.17) is 17.3 Å². The molecule has 3 radical (unpaired) electrons. The Morgan fingerprint density at radius 1 is 0.698 bits per heavy atom. The number of anilines is 5. The standard InChI is InChI=1S/C26H20ClN9O11S3.3Na/c27-23-32-25(34-26(33-23)31-16-3-1-2-4-18(16)48(39,40)41)30-14-6-8-19(49(42,43)44)17(11-14)35-36-21-20(50(45,46)47)10-12-9-13(29-24(28)38)5-7-15(12)22(21)37;;;/h1-11,37H,(H3,28,29,38)(H,39,40,41)(H,42,43,44)(H,45,46,47)(H2,30,31,32,33,34);;;. The number of carbonyl (C=O) groups is 1. The number of primary amides is 1. The number of phenols is 1. The summed E-state index contributed by atoms with van der Waals surface area (Å²) in [5.74, 6) is -1.40. The Morgan fingerprint density at radius 2 is 1.28 bits per heavy atom. The predicted molar refractivity (Wildman–Crippen MR) is 194 cm³/mol. The molecule has 0 unspecified atom stereocenters. The van der Waals surface area contributed by atoms with Gasteiger partial charge < -0.3 is 26.8 Å². The van der Waals surface area contributed by atoms with Crippen LogP contribution in [0.2, 0.25) is 5.28 Å². The average molecular weight is 835 g/mol. The molecule has 0 aliphatic rings. The van der Waals surface area contributed by atoms with Crippen molar-refractivity contribution in [2.75, 3.05) is 16.0 Å². The Kier molecular flexibility index (Phi) is 16.2. The van der Waals surface area contributed by atoms with Crippen LogP contribution in [0.1, 0.15) is 0 Å². The topological polar surface area (TPSA) is 326 Å². The zero-order valence-electron chi connectivity index (χ0n) is 27.4. The van der Waals surface area contributed by atoms with Gasteiger partial charge in [0.15, 0.2) is 5.75 Å². The van der Waals surface area contributed by atoms with E-state index in [1.807, 2.05) is 0 Å². The van der Waals surface area contributed by atoms with Gasteiger partial charge in [0.2, 0.25) is 17.2 Å². The van der Waals surface area contributed by atoms with Gasteiger partial charge in [0.1, 0.15) is 26.1 Å². The summed E-state index contributed by atoms with van der Waals surface area (Å²) in [5, 5.41) is 25.5. The first-order valence-corrected chi connectivity index (χ1v) is 17.9. The molecule has 1 aromatic heterocycles. The van der Waals surface area contributed by atoms with E-state index < -0.39 is 73.5 Å². The van der Waals surface area contributed by atoms with E-state index in [2.05, 4.69) is 41.1 Å². The Hall–Kier alpha value is -2.56. The summed E-state index contributed by atoms with van der Waals surface area (Å²) in [6, 6.07) is 12.0. The summed E-state index contributed by atoms with van der Waals surface area (Å²) >= 11 is 6.01. The molecule has 5 aromatic rings. The number of urea groups is 1. The van der Waals surface area contributed by atoms with Gasteiger partial charge in [-0.25, -0.2) is 4.79 Å². The zero-order valence-corrected chi connectivity index (χ0v) is 36.6. The van der Waals surface area contributed by atoms with E-state index in [1.165, 1.54) is 36.4 Å². The van der Waals surface area contributed by atoms with Crippen LogP contribution in [0.25, 0.3) is 10.8 Å². The number of carbonyl (C=O) groups excluding carboxylic acids is 1. The maximum Gasteiger partial charge on any atom is 0.316 e. The smallest absolute Gasteiger partial charge is 0.316 e. The molecule has 9 N–H and O–H groups in total. The van der Waals surface area contributed by atoms with Crippen LogP contribution in [0.3, 0.4) is 0 Å². The van der Waals surface area contributed by atoms with Crippen molar-refractivity contribution in [3.05, 3.63) is 72.0 Å². The first-order valence-electron chi connectivity index (χ1n) is 13.2. The molecule has 0 aliphatic carbocycles. The molecule has 0 atom stereocenters. The molecule has 0 aliphatic heterocycles. The van der Waals surface area contributed by atoms with E-state index in [-0.39, 0.29) is 128 Å². The summed E-state index contributed by atoms with van der Waals surface area (Å²) in [4.78, 5) is 20.7. The molecular weight excluding hydrogens is 815 g/mol. The Labute approximate surface area is 371 Å². The van der Waals surface area contributed by atoms with Crippen molar-refractivity contribution in [3.8, 4) is 5.75 Å². The molecule has 0 bridgehead atoms. The van der Waals surface area contributed by atoms with Crippen LogP contribution in [-0.2, 0) is 30.4 Å². The van der Waals surface area contributed by atoms with E-state index in [1.54, 1.807) is 0 Å². The molecule has 4 aromatic carbocycles. The van der Waals surface area contributed by atoms with Crippen molar-refractivity contribution in [1.82, 2.24) is 15.0 Å². The Morgan fingerprint density at radius 3 is 1.89 bits per heavy atom. The number of amides is 2. The van der Waals surface area contributed by atoms with Crippen LogP contribution in [0.4, 0.5) is 45.1 Å². The fourth-order valence-corrected chi connectivity index (χ4v) is 6.44. The third kappa shape index (κ3) is 11.7. The second-order valence-electron chi connectivity index (χ2n) is 9.80. The average Bonchev–Trinajstić information content (AvgIpc) is 2.98. The molecule has 2 amide bonds. The molecule has 0 saturated carbocycles. The molecule has 53 heavy (non-hydrogen) atoms. The molecular formula is C26H20ClN9Na3O11S3. The maximum absolute atomic E-state index is 12.3. The first kappa shape index (κ1) is 46.6. The maximum atomic E-state index is 12.3. The van der Waals surface area contributed by atoms with Crippen molar-refractivity contribution >= 4 is 188 Å². The minimum atomic E-state index is -5.11. The molecule has 27 heteroatoms. The summed E-state index contributed by atoms with van der Waals surface area (Å²) < 4.78 is 102. The number of hydrogen-bond acceptors (Lipinski definition) is 15. The fourth-order valence-electron chi connectivity index (χ4n) is 4.37. The van der Waals surface area contributed by atoms with E-state index in [0.717, 1.165) is 30.3 Å². The largest absolute Gasteiger partial charge is 0.505 e. The van der Waals surface area contributed by atoms with Gasteiger partial charge in [-0.1, -0.05) is 12.1 Å². The van der Waals surface area contributed by atoms with E-state index >= 15 is 0 Å². The van der Waals surface area contributed by atoms with Gasteiger partial charge in [-0.15, -0.1) is 10.2 Å². The number of rotatable bonds is 10. The monoisotopic (exact) mass is 834 g/mol. The quantitative estimate of drug-likeness (QED) is 0.0568. The number of nitrogens with zero attached hydrogens (tertiary/aromatic N) is 5. The van der Waals surface area contributed by atoms with Crippen LogP contribution in [0, 0.1) is 0 Å². The molecule has 263 valence electrons. The number of phenolic OH excluding ortho intramolecular Hbond substituents is 1. The fraction of sp³-hybridized carbons (Fsp3) is 0. The third-order valence-electron chi connectivity index (χ3n) is 6.37. The number of nitrogens with one attached hydrogen (secondary N) is 3. The van der Waals surface area contributed by atoms with Gasteiger partial charge in [-0.3, -0.25) is 13.7 Å². The second-order valence-corrected chi connectivity index (χ2v) is 14.3. The summed E-state index contributed by atoms with van der Waals surface area (Å²) in [5.41, 5.74) is 3.65. The van der Waals surface area contributed by atoms with Gasteiger partial charge in [0.25, 0.3) is 30.4 Å². The molecule has 20 nitrogen and oxygen atoms in total. The van der Waals surface area contributed by atoms with Crippen molar-refractivity contribution in [1.29, 1.82) is 0 Å². The number of aromatic nitrogens is 3. The number of fused-ring (bicyclic) bond motifs is 1. The van der Waals surface area contributed by atoms with Gasteiger partial charge in [-0.2, -0.15) is 40.2 Å². The Balaban J connectivity index is 0.00000324. The number of hydrogen-bond donors (Lipinski definition) is 8. The van der Waals surface area contributed by atoms with Crippen molar-refractivity contribution in [2.24, 2.45) is 16.0 Å². The Bertz CT molecular complexity index is 2590. The second kappa shape index (κ2) is 18.4. The minimum Gasteiger partial charge on any atom is -0.505 e. The third-order valence-corrected chi connectivity index (χ3v) is 9.22. The van der Waals surface area contributed by atoms with Crippen LogP contribution in [-0.4, -0.2) is 154 Å². The number of azo groups is 1. The van der Waals surface area contributed by atoms with Gasteiger partial charge >= 0.3 is 6.03 Å². The van der Waals surface area contributed by atoms with Gasteiger partial charge in [-0.05, 0) is 71.6 Å². The van der Waals surface area contributed by atoms with Crippen LogP contribution in [0.5, 0.6) is 5.75 Å². The zero-order chi connectivity index (χ0) is 36.6. The summed E-state index contributed by atoms with van der Waals surface area (Å²) in [6.45, 7) is 0. The molecule has 5 rings (SSSR count). The van der Waals surface area contributed by atoms with Gasteiger partial charge in [0.05, 0.1) is 5.69 Å². The minimum absolute atomic E-state index is 0. The van der Waals surface area contributed by atoms with Crippen LogP contribution >= 0.6 is 11.6 Å². The number of halogens is 1. The van der Waals surface area contributed by atoms with Crippen LogP contribution < -0.4 is 21.7 Å². The SMILES string of the molecule is NC(=O)Nc1ccc2c(O)c(N=Nc3cc(Nc4nc(Cl)nc(Nc5ccccc5S(=O)(=O)O)n4)ccc3S(=O)(=O)O)c(S(=O)(=O)O)cc2c1.[Na].[Na].[Na]. The molecule has 0 fully saturated rings. The number of benzene rings is 4. The number of nitrogens with two attached hydrogens (primary N) is 1. The first-order chi connectivity index (χ1) is 23.3. The normalized spacial score (nSPS) is 11.5. The summed E-state index contributed by atoms with van der Waals surface area (Å²) in [7, 11) is -14.8. The van der Waals surface area contributed by atoms with Crippen molar-refractivity contribution in [2.45, 2.75) is 14.7 Å². The van der Waals surface area contributed by atoms with Crippen molar-refractivity contribution < 1.29 is 48.8 Å². The number of para-hydroxylation sites is 1.